The number of hydrogen-bond donors (Lipinski definition) is 1. The fraction of sp³-hybridized carbons (Fsp3) is 0.727. The lowest BCUT2D eigenvalue weighted by molar-refractivity contribution is -0.148. The van der Waals surface area contributed by atoms with Gasteiger partial charge >= 0.3 is 6.18 Å². The molecule has 1 fully saturated rings. The fourth-order valence-electron chi connectivity index (χ4n) is 2.67. The molecular weight excluding hydrogens is 311 g/mol. The van der Waals surface area contributed by atoms with E-state index in [9.17, 15) is 18.0 Å². The summed E-state index contributed by atoms with van der Waals surface area (Å²) >= 11 is 0. The van der Waals surface area contributed by atoms with Gasteiger partial charge in [0.15, 0.2) is 5.82 Å². The average molecular weight is 326 g/mol. The van der Waals surface area contributed by atoms with E-state index in [0.717, 1.165) is 24.0 Å². The van der Waals surface area contributed by atoms with Crippen LogP contribution in [-0.4, -0.2) is 44.7 Å². The molecule has 0 aliphatic carbocycles. The first kappa shape index (κ1) is 16.0. The van der Waals surface area contributed by atoms with Crippen LogP contribution >= 0.6 is 12.4 Å². The van der Waals surface area contributed by atoms with Crippen molar-refractivity contribution >= 4 is 18.3 Å². The van der Waals surface area contributed by atoms with Gasteiger partial charge in [0.25, 0.3) is 0 Å². The van der Waals surface area contributed by atoms with Gasteiger partial charge in [0.05, 0.1) is 12.6 Å². The highest BCUT2D eigenvalue weighted by atomic mass is 35.5. The lowest BCUT2D eigenvalue weighted by Gasteiger charge is -2.30. The molecule has 0 unspecified atom stereocenters. The molecule has 2 aliphatic rings. The molecule has 2 aliphatic heterocycles. The monoisotopic (exact) mass is 325 g/mol. The highest BCUT2D eigenvalue weighted by molar-refractivity contribution is 5.85. The van der Waals surface area contributed by atoms with E-state index in [0.29, 0.717) is 0 Å². The molecule has 3 rings (SSSR count). The highest BCUT2D eigenvalue weighted by Gasteiger charge is 2.40. The summed E-state index contributed by atoms with van der Waals surface area (Å²) in [7, 11) is 0. The van der Waals surface area contributed by atoms with Crippen molar-refractivity contribution in [3.8, 4) is 0 Å². The highest BCUT2D eigenvalue weighted by Crippen LogP contribution is 2.29. The molecule has 1 saturated heterocycles. The Morgan fingerprint density at radius 3 is 2.67 bits per heavy atom. The zero-order chi connectivity index (χ0) is 14.3. The summed E-state index contributed by atoms with van der Waals surface area (Å²) in [6, 6.07) is -0.216. The number of fused-ring (bicyclic) bond motifs is 1. The van der Waals surface area contributed by atoms with Crippen molar-refractivity contribution < 1.29 is 18.0 Å². The van der Waals surface area contributed by atoms with Crippen LogP contribution < -0.4 is 5.32 Å². The Morgan fingerprint density at radius 2 is 2.05 bits per heavy atom. The Morgan fingerprint density at radius 1 is 1.29 bits per heavy atom. The number of rotatable bonds is 1. The Hall–Kier alpha value is -1.35. The molecule has 3 heterocycles. The van der Waals surface area contributed by atoms with E-state index in [4.69, 9.17) is 0 Å². The second-order valence-corrected chi connectivity index (χ2v) is 5.00. The minimum Gasteiger partial charge on any atom is -0.332 e. The smallest absolute Gasteiger partial charge is 0.332 e. The predicted octanol–water partition coefficient (Wildman–Crippen LogP) is 0.813. The predicted molar refractivity (Wildman–Crippen MR) is 68.7 cm³/mol. The summed E-state index contributed by atoms with van der Waals surface area (Å²) in [6.07, 6.45) is -2.79. The Kier molecular flexibility index (Phi) is 4.43. The van der Waals surface area contributed by atoms with Crippen LogP contribution in [0.2, 0.25) is 0 Å². The molecule has 1 atom stereocenters. The molecule has 0 bridgehead atoms. The van der Waals surface area contributed by atoms with Gasteiger partial charge < -0.3 is 14.8 Å². The number of halogens is 4. The van der Waals surface area contributed by atoms with E-state index in [2.05, 4.69) is 15.5 Å². The molecule has 0 spiro atoms. The van der Waals surface area contributed by atoms with Crippen molar-refractivity contribution in [3.63, 3.8) is 0 Å². The molecule has 1 amide bonds. The van der Waals surface area contributed by atoms with Crippen molar-refractivity contribution in [3.05, 3.63) is 11.6 Å². The topological polar surface area (TPSA) is 63.1 Å². The normalized spacial score (nSPS) is 21.9. The van der Waals surface area contributed by atoms with E-state index < -0.39 is 12.0 Å². The second-order valence-electron chi connectivity index (χ2n) is 5.00. The summed E-state index contributed by atoms with van der Waals surface area (Å²) in [5.74, 6) is -0.862. The number of nitrogens with zero attached hydrogens (tertiary/aromatic N) is 4. The maximum atomic E-state index is 12.7. The summed E-state index contributed by atoms with van der Waals surface area (Å²) in [6.45, 7) is 1.22. The molecule has 6 nitrogen and oxygen atoms in total. The summed E-state index contributed by atoms with van der Waals surface area (Å²) < 4.78 is 39.1. The standard InChI is InChI=1S/C11H14F3N5O.ClH/c12-11(13,14)10-17-16-8-6-18(4-5-19(8)10)9(20)7-2-1-3-15-7;/h7,15H,1-6H2;1H/t7-;/m0./s1. The molecule has 0 saturated carbocycles. The number of aromatic nitrogens is 3. The number of amides is 1. The molecule has 1 aromatic heterocycles. The molecular formula is C11H15ClF3N5O. The largest absolute Gasteiger partial charge is 0.451 e. The summed E-state index contributed by atoms with van der Waals surface area (Å²) in [5, 5.41) is 9.85. The minimum absolute atomic E-state index is 0. The molecule has 1 aromatic rings. The van der Waals surface area contributed by atoms with Crippen molar-refractivity contribution in [2.75, 3.05) is 13.1 Å². The van der Waals surface area contributed by atoms with Crippen molar-refractivity contribution in [1.29, 1.82) is 0 Å². The molecule has 21 heavy (non-hydrogen) atoms. The van der Waals surface area contributed by atoms with E-state index in [1.807, 2.05) is 0 Å². The van der Waals surface area contributed by atoms with Crippen LogP contribution in [0.25, 0.3) is 0 Å². The van der Waals surface area contributed by atoms with Crippen LogP contribution in [0.15, 0.2) is 0 Å². The number of carbonyl (C=O) groups excluding carboxylic acids is 1. The third-order valence-corrected chi connectivity index (χ3v) is 3.68. The molecule has 1 N–H and O–H groups in total. The third kappa shape index (κ3) is 2.98. The Labute approximate surface area is 125 Å². The van der Waals surface area contributed by atoms with Gasteiger partial charge in [0.1, 0.15) is 0 Å². The van der Waals surface area contributed by atoms with Gasteiger partial charge in [-0.15, -0.1) is 22.6 Å². The van der Waals surface area contributed by atoms with Gasteiger partial charge in [-0.1, -0.05) is 0 Å². The maximum Gasteiger partial charge on any atom is 0.451 e. The minimum atomic E-state index is -4.51. The first-order chi connectivity index (χ1) is 9.47. The summed E-state index contributed by atoms with van der Waals surface area (Å²) in [5.41, 5.74) is 0. The van der Waals surface area contributed by atoms with Gasteiger partial charge in [0.2, 0.25) is 11.7 Å². The van der Waals surface area contributed by atoms with Crippen LogP contribution in [0, 0.1) is 0 Å². The van der Waals surface area contributed by atoms with E-state index in [1.165, 1.54) is 0 Å². The first-order valence-corrected chi connectivity index (χ1v) is 6.48. The molecule has 0 radical (unpaired) electrons. The number of alkyl halides is 3. The fourth-order valence-corrected chi connectivity index (χ4v) is 2.67. The van der Waals surface area contributed by atoms with Gasteiger partial charge in [0, 0.05) is 13.1 Å². The summed E-state index contributed by atoms with van der Waals surface area (Å²) in [4.78, 5) is 13.7. The van der Waals surface area contributed by atoms with Crippen LogP contribution in [0.4, 0.5) is 13.2 Å². The zero-order valence-electron chi connectivity index (χ0n) is 11.1. The van der Waals surface area contributed by atoms with Gasteiger partial charge in [-0.25, -0.2) is 0 Å². The van der Waals surface area contributed by atoms with Gasteiger partial charge in [-0.2, -0.15) is 13.2 Å². The van der Waals surface area contributed by atoms with Gasteiger partial charge in [-0.05, 0) is 19.4 Å². The third-order valence-electron chi connectivity index (χ3n) is 3.68. The number of hydrogen-bond acceptors (Lipinski definition) is 4. The van der Waals surface area contributed by atoms with E-state index >= 15 is 0 Å². The number of nitrogens with one attached hydrogen (secondary N) is 1. The van der Waals surface area contributed by atoms with Crippen LogP contribution in [0.1, 0.15) is 24.5 Å². The zero-order valence-corrected chi connectivity index (χ0v) is 11.9. The Bertz CT molecular complexity index is 526. The van der Waals surface area contributed by atoms with E-state index in [1.54, 1.807) is 4.90 Å². The van der Waals surface area contributed by atoms with Crippen molar-refractivity contribution in [2.24, 2.45) is 0 Å². The second kappa shape index (κ2) is 5.80. The quantitative estimate of drug-likeness (QED) is 0.830. The number of carbonyl (C=O) groups is 1. The average Bonchev–Trinajstić information content (AvgIpc) is 3.05. The lowest BCUT2D eigenvalue weighted by atomic mass is 10.2. The molecule has 118 valence electrons. The lowest BCUT2D eigenvalue weighted by Crippen LogP contribution is -2.47. The van der Waals surface area contributed by atoms with E-state index in [-0.39, 0.29) is 49.8 Å². The molecule has 0 aromatic carbocycles. The molecule has 10 heteroatoms. The maximum absolute atomic E-state index is 12.7. The van der Waals surface area contributed by atoms with Crippen LogP contribution in [0.3, 0.4) is 0 Å². The van der Waals surface area contributed by atoms with Crippen molar-refractivity contribution in [2.45, 2.75) is 38.1 Å². The van der Waals surface area contributed by atoms with Crippen molar-refractivity contribution in [1.82, 2.24) is 25.0 Å². The van der Waals surface area contributed by atoms with Crippen LogP contribution in [0.5, 0.6) is 0 Å². The first-order valence-electron chi connectivity index (χ1n) is 6.48. The van der Waals surface area contributed by atoms with Crippen LogP contribution in [-0.2, 0) is 24.1 Å². The Balaban J connectivity index is 0.00000161. The van der Waals surface area contributed by atoms with Gasteiger partial charge in [-0.3, -0.25) is 4.79 Å². The SMILES string of the molecule is Cl.O=C([C@@H]1CCCN1)N1CCn2c(nnc2C(F)(F)F)C1.